The zero-order valence-electron chi connectivity index (χ0n) is 6.57. The Morgan fingerprint density at radius 3 is 2.27 bits per heavy atom. The fourth-order valence-corrected chi connectivity index (χ4v) is 1.11. The van der Waals surface area contributed by atoms with Gasteiger partial charge in [0.15, 0.2) is 0 Å². The minimum atomic E-state index is -0.424. The summed E-state index contributed by atoms with van der Waals surface area (Å²) in [6.45, 7) is 10.2. The Kier molecular flexibility index (Phi) is 2.65. The van der Waals surface area contributed by atoms with Gasteiger partial charge in [-0.25, -0.2) is 4.39 Å². The van der Waals surface area contributed by atoms with Crippen LogP contribution in [0.5, 0.6) is 0 Å². The molecular formula is C8H13FN2. The summed E-state index contributed by atoms with van der Waals surface area (Å²) in [6, 6.07) is 0. The number of hydrogen-bond acceptors (Lipinski definition) is 2. The molecule has 62 valence electrons. The molecule has 1 saturated heterocycles. The highest BCUT2D eigenvalue weighted by Crippen LogP contribution is 2.12. The van der Waals surface area contributed by atoms with Crippen LogP contribution >= 0.6 is 0 Å². The maximum Gasteiger partial charge on any atom is 0.138 e. The molecule has 1 heterocycles. The third-order valence-electron chi connectivity index (χ3n) is 1.81. The van der Waals surface area contributed by atoms with Gasteiger partial charge in [0.1, 0.15) is 5.83 Å². The second-order valence-electron chi connectivity index (χ2n) is 2.59. The van der Waals surface area contributed by atoms with E-state index in [1.807, 2.05) is 4.90 Å². The first-order valence-corrected chi connectivity index (χ1v) is 3.71. The molecule has 1 fully saturated rings. The minimum Gasteiger partial charge on any atom is -0.367 e. The van der Waals surface area contributed by atoms with Crippen LogP contribution in [-0.2, 0) is 0 Å². The summed E-state index contributed by atoms with van der Waals surface area (Å²) in [6.07, 6.45) is 0. The van der Waals surface area contributed by atoms with Gasteiger partial charge in [0.2, 0.25) is 0 Å². The van der Waals surface area contributed by atoms with Gasteiger partial charge in [0.05, 0.1) is 5.70 Å². The van der Waals surface area contributed by atoms with Crippen molar-refractivity contribution >= 4 is 0 Å². The van der Waals surface area contributed by atoms with Gasteiger partial charge in [-0.3, -0.25) is 0 Å². The fourth-order valence-electron chi connectivity index (χ4n) is 1.11. The molecule has 0 aromatic heterocycles. The third kappa shape index (κ3) is 2.05. The Morgan fingerprint density at radius 1 is 1.27 bits per heavy atom. The summed E-state index contributed by atoms with van der Waals surface area (Å²) in [7, 11) is 0. The molecule has 0 amide bonds. The van der Waals surface area contributed by atoms with E-state index in [1.54, 1.807) is 0 Å². The molecule has 0 aromatic carbocycles. The van der Waals surface area contributed by atoms with Crippen molar-refractivity contribution in [2.24, 2.45) is 0 Å². The standard InChI is InChI=1S/C8H13FN2/c1-7(9)8(2)11-5-3-10-4-6-11/h10H,1-6H2. The lowest BCUT2D eigenvalue weighted by atomic mass is 10.3. The van der Waals surface area contributed by atoms with Crippen LogP contribution in [0.4, 0.5) is 4.39 Å². The predicted octanol–water partition coefficient (Wildman–Crippen LogP) is 0.888. The molecule has 3 heteroatoms. The van der Waals surface area contributed by atoms with Crippen molar-refractivity contribution in [2.45, 2.75) is 0 Å². The van der Waals surface area contributed by atoms with E-state index in [0.717, 1.165) is 26.2 Å². The first-order valence-electron chi connectivity index (χ1n) is 3.71. The Morgan fingerprint density at radius 2 is 1.82 bits per heavy atom. The van der Waals surface area contributed by atoms with E-state index >= 15 is 0 Å². The molecule has 0 aliphatic carbocycles. The molecule has 1 N–H and O–H groups in total. The molecule has 1 aliphatic rings. The Bertz CT molecular complexity index is 171. The van der Waals surface area contributed by atoms with E-state index in [4.69, 9.17) is 0 Å². The number of piperazine rings is 1. The molecule has 0 spiro atoms. The number of allylic oxidation sites excluding steroid dienone is 1. The lowest BCUT2D eigenvalue weighted by Gasteiger charge is -2.29. The van der Waals surface area contributed by atoms with E-state index < -0.39 is 5.83 Å². The van der Waals surface area contributed by atoms with Crippen LogP contribution in [-0.4, -0.2) is 31.1 Å². The van der Waals surface area contributed by atoms with Crippen molar-refractivity contribution in [1.29, 1.82) is 0 Å². The number of hydrogen-bond donors (Lipinski definition) is 1. The Hall–Kier alpha value is -0.830. The Labute approximate surface area is 66.4 Å². The second-order valence-corrected chi connectivity index (χ2v) is 2.59. The number of halogens is 1. The third-order valence-corrected chi connectivity index (χ3v) is 1.81. The highest BCUT2D eigenvalue weighted by atomic mass is 19.1. The summed E-state index contributed by atoms with van der Waals surface area (Å²) < 4.78 is 12.5. The van der Waals surface area contributed by atoms with Crippen molar-refractivity contribution in [3.63, 3.8) is 0 Å². The van der Waals surface area contributed by atoms with Crippen LogP contribution < -0.4 is 5.32 Å². The summed E-state index contributed by atoms with van der Waals surface area (Å²) in [4.78, 5) is 1.90. The SMILES string of the molecule is C=C(F)C(=C)N1CCNCC1. The van der Waals surface area contributed by atoms with Gasteiger partial charge in [0, 0.05) is 26.2 Å². The first-order chi connectivity index (χ1) is 5.22. The minimum absolute atomic E-state index is 0.423. The second kappa shape index (κ2) is 3.53. The molecule has 2 nitrogen and oxygen atoms in total. The van der Waals surface area contributed by atoms with Crippen molar-refractivity contribution in [3.05, 3.63) is 24.7 Å². The van der Waals surface area contributed by atoms with E-state index in [1.165, 1.54) is 0 Å². The van der Waals surface area contributed by atoms with Crippen LogP contribution in [0.15, 0.2) is 24.7 Å². The fraction of sp³-hybridized carbons (Fsp3) is 0.500. The number of nitrogens with one attached hydrogen (secondary N) is 1. The smallest absolute Gasteiger partial charge is 0.138 e. The van der Waals surface area contributed by atoms with E-state index in [0.29, 0.717) is 5.70 Å². The first kappa shape index (κ1) is 8.27. The molecule has 0 unspecified atom stereocenters. The summed E-state index contributed by atoms with van der Waals surface area (Å²) in [5, 5.41) is 3.17. The lowest BCUT2D eigenvalue weighted by molar-refractivity contribution is 0.295. The monoisotopic (exact) mass is 156 g/mol. The van der Waals surface area contributed by atoms with E-state index in [-0.39, 0.29) is 0 Å². The van der Waals surface area contributed by atoms with Crippen molar-refractivity contribution in [2.75, 3.05) is 26.2 Å². The van der Waals surface area contributed by atoms with Gasteiger partial charge in [-0.05, 0) is 0 Å². The molecule has 0 radical (unpaired) electrons. The Balaban J connectivity index is 2.45. The number of rotatable bonds is 2. The highest BCUT2D eigenvalue weighted by Gasteiger charge is 2.12. The molecular weight excluding hydrogens is 143 g/mol. The average molecular weight is 156 g/mol. The maximum atomic E-state index is 12.5. The topological polar surface area (TPSA) is 15.3 Å². The summed E-state index contributed by atoms with van der Waals surface area (Å²) >= 11 is 0. The molecule has 0 aromatic rings. The van der Waals surface area contributed by atoms with E-state index in [9.17, 15) is 4.39 Å². The largest absolute Gasteiger partial charge is 0.367 e. The molecule has 11 heavy (non-hydrogen) atoms. The van der Waals surface area contributed by atoms with Crippen molar-refractivity contribution < 1.29 is 4.39 Å². The summed E-state index contributed by atoms with van der Waals surface area (Å²) in [5.74, 6) is -0.424. The zero-order chi connectivity index (χ0) is 8.27. The summed E-state index contributed by atoms with van der Waals surface area (Å²) in [5.41, 5.74) is 0.423. The molecule has 0 saturated carbocycles. The van der Waals surface area contributed by atoms with Crippen LogP contribution in [0.25, 0.3) is 0 Å². The van der Waals surface area contributed by atoms with Gasteiger partial charge in [-0.15, -0.1) is 0 Å². The van der Waals surface area contributed by atoms with Crippen LogP contribution in [0.2, 0.25) is 0 Å². The average Bonchev–Trinajstić information content (AvgIpc) is 2.05. The quantitative estimate of drug-likeness (QED) is 0.597. The van der Waals surface area contributed by atoms with Gasteiger partial charge in [-0.2, -0.15) is 0 Å². The zero-order valence-corrected chi connectivity index (χ0v) is 6.57. The van der Waals surface area contributed by atoms with Gasteiger partial charge in [-0.1, -0.05) is 13.2 Å². The maximum absolute atomic E-state index is 12.5. The van der Waals surface area contributed by atoms with Gasteiger partial charge >= 0.3 is 0 Å². The molecule has 0 atom stereocenters. The van der Waals surface area contributed by atoms with Gasteiger partial charge in [0.25, 0.3) is 0 Å². The van der Waals surface area contributed by atoms with Crippen molar-refractivity contribution in [3.8, 4) is 0 Å². The van der Waals surface area contributed by atoms with Crippen LogP contribution in [0.1, 0.15) is 0 Å². The predicted molar refractivity (Wildman–Crippen MR) is 43.8 cm³/mol. The normalized spacial score (nSPS) is 18.1. The van der Waals surface area contributed by atoms with E-state index in [2.05, 4.69) is 18.5 Å². The van der Waals surface area contributed by atoms with Crippen molar-refractivity contribution in [1.82, 2.24) is 10.2 Å². The lowest BCUT2D eigenvalue weighted by Crippen LogP contribution is -2.42. The highest BCUT2D eigenvalue weighted by molar-refractivity contribution is 5.17. The number of nitrogens with zero attached hydrogens (tertiary/aromatic N) is 1. The molecule has 1 aliphatic heterocycles. The molecule has 1 rings (SSSR count). The van der Waals surface area contributed by atoms with Gasteiger partial charge < -0.3 is 10.2 Å². The molecule has 0 bridgehead atoms. The van der Waals surface area contributed by atoms with Crippen LogP contribution in [0.3, 0.4) is 0 Å². The van der Waals surface area contributed by atoms with Crippen LogP contribution in [0, 0.1) is 0 Å².